The number of nitrogens with zero attached hydrogens (tertiary/aromatic N) is 1. The van der Waals surface area contributed by atoms with Gasteiger partial charge in [-0.1, -0.05) is 11.3 Å². The van der Waals surface area contributed by atoms with E-state index in [-0.39, 0.29) is 5.06 Å². The van der Waals surface area contributed by atoms with Crippen molar-refractivity contribution in [3.63, 3.8) is 0 Å². The SMILES string of the molecule is COc1ccc(-c2nc(C)c(O)s2)cc1. The molecule has 15 heavy (non-hydrogen) atoms. The second-order valence-electron chi connectivity index (χ2n) is 3.14. The Morgan fingerprint density at radius 1 is 1.27 bits per heavy atom. The van der Waals surface area contributed by atoms with Crippen LogP contribution in [-0.4, -0.2) is 17.2 Å². The predicted molar refractivity (Wildman–Crippen MR) is 60.5 cm³/mol. The van der Waals surface area contributed by atoms with Crippen molar-refractivity contribution in [1.82, 2.24) is 4.98 Å². The Kier molecular flexibility index (Phi) is 2.60. The van der Waals surface area contributed by atoms with E-state index in [1.54, 1.807) is 14.0 Å². The first kappa shape index (κ1) is 9.98. The van der Waals surface area contributed by atoms with E-state index < -0.39 is 0 Å². The van der Waals surface area contributed by atoms with Gasteiger partial charge in [0.2, 0.25) is 0 Å². The first-order valence-corrected chi connectivity index (χ1v) is 5.33. The molecule has 2 rings (SSSR count). The molecule has 1 aromatic heterocycles. The van der Waals surface area contributed by atoms with Crippen LogP contribution in [0.2, 0.25) is 0 Å². The summed E-state index contributed by atoms with van der Waals surface area (Å²) in [5.41, 5.74) is 1.66. The van der Waals surface area contributed by atoms with Crippen molar-refractivity contribution in [3.05, 3.63) is 30.0 Å². The van der Waals surface area contributed by atoms with Gasteiger partial charge in [-0.05, 0) is 31.2 Å². The molecule has 0 saturated carbocycles. The number of ether oxygens (including phenoxy) is 1. The van der Waals surface area contributed by atoms with Crippen LogP contribution in [0.3, 0.4) is 0 Å². The van der Waals surface area contributed by atoms with Crippen molar-refractivity contribution in [2.75, 3.05) is 7.11 Å². The van der Waals surface area contributed by atoms with Gasteiger partial charge in [0.05, 0.1) is 12.8 Å². The van der Waals surface area contributed by atoms with E-state index in [2.05, 4.69) is 4.98 Å². The Morgan fingerprint density at radius 2 is 1.93 bits per heavy atom. The number of hydrogen-bond acceptors (Lipinski definition) is 4. The van der Waals surface area contributed by atoms with Crippen LogP contribution in [-0.2, 0) is 0 Å². The van der Waals surface area contributed by atoms with Crippen molar-refractivity contribution in [3.8, 4) is 21.4 Å². The smallest absolute Gasteiger partial charge is 0.195 e. The summed E-state index contributed by atoms with van der Waals surface area (Å²) in [5, 5.41) is 10.5. The molecular weight excluding hydrogens is 210 g/mol. The van der Waals surface area contributed by atoms with Gasteiger partial charge in [-0.25, -0.2) is 4.98 Å². The number of aryl methyl sites for hydroxylation is 1. The van der Waals surface area contributed by atoms with Gasteiger partial charge in [-0.2, -0.15) is 0 Å². The quantitative estimate of drug-likeness (QED) is 0.847. The van der Waals surface area contributed by atoms with Crippen molar-refractivity contribution in [2.45, 2.75) is 6.92 Å². The molecule has 0 saturated heterocycles. The van der Waals surface area contributed by atoms with Crippen LogP contribution in [0.5, 0.6) is 10.8 Å². The highest BCUT2D eigenvalue weighted by molar-refractivity contribution is 7.16. The van der Waals surface area contributed by atoms with Crippen molar-refractivity contribution < 1.29 is 9.84 Å². The van der Waals surface area contributed by atoms with Gasteiger partial charge in [-0.3, -0.25) is 0 Å². The van der Waals surface area contributed by atoms with Gasteiger partial charge in [0.1, 0.15) is 10.8 Å². The zero-order valence-corrected chi connectivity index (χ0v) is 9.34. The lowest BCUT2D eigenvalue weighted by Gasteiger charge is -1.99. The highest BCUT2D eigenvalue weighted by Crippen LogP contribution is 2.32. The van der Waals surface area contributed by atoms with Crippen LogP contribution >= 0.6 is 11.3 Å². The first-order valence-electron chi connectivity index (χ1n) is 4.51. The number of aromatic hydroxyl groups is 1. The predicted octanol–water partition coefficient (Wildman–Crippen LogP) is 2.83. The molecule has 0 radical (unpaired) electrons. The van der Waals surface area contributed by atoms with Gasteiger partial charge in [0.15, 0.2) is 5.06 Å². The van der Waals surface area contributed by atoms with Gasteiger partial charge >= 0.3 is 0 Å². The lowest BCUT2D eigenvalue weighted by molar-refractivity contribution is 0.415. The largest absolute Gasteiger partial charge is 0.498 e. The Labute approximate surface area is 92.0 Å². The minimum absolute atomic E-state index is 0.279. The van der Waals surface area contributed by atoms with E-state index in [0.717, 1.165) is 16.3 Å². The molecule has 0 aliphatic carbocycles. The molecule has 1 aromatic carbocycles. The highest BCUT2D eigenvalue weighted by atomic mass is 32.1. The van der Waals surface area contributed by atoms with Crippen LogP contribution in [0.25, 0.3) is 10.6 Å². The Morgan fingerprint density at radius 3 is 2.40 bits per heavy atom. The van der Waals surface area contributed by atoms with Gasteiger partial charge in [-0.15, -0.1) is 0 Å². The molecule has 2 aromatic rings. The van der Waals surface area contributed by atoms with Gasteiger partial charge in [0, 0.05) is 5.56 Å². The molecule has 0 fully saturated rings. The van der Waals surface area contributed by atoms with Gasteiger partial charge < -0.3 is 9.84 Å². The molecule has 4 heteroatoms. The molecule has 0 atom stereocenters. The first-order chi connectivity index (χ1) is 7.20. The maximum atomic E-state index is 9.43. The monoisotopic (exact) mass is 221 g/mol. The zero-order valence-electron chi connectivity index (χ0n) is 8.52. The van der Waals surface area contributed by atoms with Crippen LogP contribution < -0.4 is 4.74 Å². The molecule has 1 heterocycles. The fraction of sp³-hybridized carbons (Fsp3) is 0.182. The Hall–Kier alpha value is -1.55. The minimum Gasteiger partial charge on any atom is -0.498 e. The Balaban J connectivity index is 2.37. The molecular formula is C11H11NO2S. The van der Waals surface area contributed by atoms with E-state index >= 15 is 0 Å². The van der Waals surface area contributed by atoms with E-state index in [9.17, 15) is 5.11 Å². The van der Waals surface area contributed by atoms with Crippen LogP contribution in [0.1, 0.15) is 5.69 Å². The molecule has 1 N–H and O–H groups in total. The molecule has 0 bridgehead atoms. The third-order valence-electron chi connectivity index (χ3n) is 2.11. The average Bonchev–Trinajstić information content (AvgIpc) is 2.59. The van der Waals surface area contributed by atoms with Crippen LogP contribution in [0.15, 0.2) is 24.3 Å². The van der Waals surface area contributed by atoms with E-state index in [4.69, 9.17) is 4.74 Å². The molecule has 0 aliphatic heterocycles. The van der Waals surface area contributed by atoms with Crippen LogP contribution in [0.4, 0.5) is 0 Å². The lowest BCUT2D eigenvalue weighted by Crippen LogP contribution is -1.82. The summed E-state index contributed by atoms with van der Waals surface area (Å²) in [4.78, 5) is 4.26. The summed E-state index contributed by atoms with van der Waals surface area (Å²) in [7, 11) is 1.63. The second kappa shape index (κ2) is 3.90. The van der Waals surface area contributed by atoms with E-state index in [1.807, 2.05) is 24.3 Å². The molecule has 0 amide bonds. The van der Waals surface area contributed by atoms with E-state index in [1.165, 1.54) is 11.3 Å². The average molecular weight is 221 g/mol. The fourth-order valence-corrected chi connectivity index (χ4v) is 2.06. The zero-order chi connectivity index (χ0) is 10.8. The van der Waals surface area contributed by atoms with Gasteiger partial charge in [0.25, 0.3) is 0 Å². The second-order valence-corrected chi connectivity index (χ2v) is 4.12. The molecule has 0 aliphatic rings. The summed E-state index contributed by atoms with van der Waals surface area (Å²) in [6.45, 7) is 1.79. The van der Waals surface area contributed by atoms with Crippen molar-refractivity contribution in [2.24, 2.45) is 0 Å². The standard InChI is InChI=1S/C11H11NO2S/c1-7-11(13)15-10(12-7)8-3-5-9(14-2)6-4-8/h3-6,13H,1-2H3. The molecule has 0 spiro atoms. The maximum Gasteiger partial charge on any atom is 0.195 e. The summed E-state index contributed by atoms with van der Waals surface area (Å²) in [6.07, 6.45) is 0. The summed E-state index contributed by atoms with van der Waals surface area (Å²) in [6, 6.07) is 7.61. The molecule has 3 nitrogen and oxygen atoms in total. The third-order valence-corrected chi connectivity index (χ3v) is 3.12. The highest BCUT2D eigenvalue weighted by Gasteiger charge is 2.07. The fourth-order valence-electron chi connectivity index (χ4n) is 1.25. The Bertz CT molecular complexity index is 442. The number of benzene rings is 1. The number of methoxy groups -OCH3 is 1. The number of thiazole rings is 1. The topological polar surface area (TPSA) is 42.4 Å². The van der Waals surface area contributed by atoms with E-state index in [0.29, 0.717) is 5.69 Å². The third kappa shape index (κ3) is 1.94. The maximum absolute atomic E-state index is 9.43. The molecule has 78 valence electrons. The number of aromatic nitrogens is 1. The summed E-state index contributed by atoms with van der Waals surface area (Å²) >= 11 is 1.28. The van der Waals surface area contributed by atoms with Crippen molar-refractivity contribution >= 4 is 11.3 Å². The normalized spacial score (nSPS) is 10.3. The number of hydrogen-bond donors (Lipinski definition) is 1. The van der Waals surface area contributed by atoms with Crippen LogP contribution in [0, 0.1) is 6.92 Å². The number of rotatable bonds is 2. The lowest BCUT2D eigenvalue weighted by atomic mass is 10.2. The van der Waals surface area contributed by atoms with Crippen molar-refractivity contribution in [1.29, 1.82) is 0 Å². The summed E-state index contributed by atoms with van der Waals surface area (Å²) < 4.78 is 5.07. The summed E-state index contributed by atoms with van der Waals surface area (Å²) in [5.74, 6) is 0.816. The molecule has 0 unspecified atom stereocenters. The minimum atomic E-state index is 0.279.